The van der Waals surface area contributed by atoms with Gasteiger partial charge in [-0.25, -0.2) is 9.78 Å². The van der Waals surface area contributed by atoms with E-state index in [9.17, 15) is 4.79 Å². The number of aromatic carboxylic acids is 1. The highest BCUT2D eigenvalue weighted by Gasteiger charge is 2.14. The van der Waals surface area contributed by atoms with Crippen molar-refractivity contribution in [3.8, 4) is 11.8 Å². The molecule has 0 unspecified atom stereocenters. The van der Waals surface area contributed by atoms with Gasteiger partial charge in [-0.05, 0) is 24.3 Å². The first kappa shape index (κ1) is 14.6. The molecule has 2 rings (SSSR count). The number of aromatic nitrogens is 1. The maximum atomic E-state index is 11.2. The van der Waals surface area contributed by atoms with Gasteiger partial charge >= 0.3 is 5.97 Å². The monoisotopic (exact) mass is 303 g/mol. The summed E-state index contributed by atoms with van der Waals surface area (Å²) in [4.78, 5) is 15.1. The number of anilines is 2. The van der Waals surface area contributed by atoms with Crippen molar-refractivity contribution in [2.75, 3.05) is 12.4 Å². The molecule has 0 saturated carbocycles. The van der Waals surface area contributed by atoms with Crippen LogP contribution in [0.25, 0.3) is 0 Å². The summed E-state index contributed by atoms with van der Waals surface area (Å²) < 4.78 is 5.17. The van der Waals surface area contributed by atoms with Gasteiger partial charge in [-0.3, -0.25) is 0 Å². The van der Waals surface area contributed by atoms with Crippen LogP contribution >= 0.6 is 11.6 Å². The van der Waals surface area contributed by atoms with Gasteiger partial charge in [0.05, 0.1) is 24.4 Å². The summed E-state index contributed by atoms with van der Waals surface area (Å²) in [6, 6.07) is 9.46. The minimum atomic E-state index is -1.13. The number of nitriles is 1. The Hall–Kier alpha value is -2.78. The van der Waals surface area contributed by atoms with Crippen molar-refractivity contribution >= 4 is 29.1 Å². The van der Waals surface area contributed by atoms with Crippen LogP contribution in [0.15, 0.2) is 30.3 Å². The van der Waals surface area contributed by atoms with Crippen LogP contribution in [0, 0.1) is 11.3 Å². The first-order valence-electron chi connectivity index (χ1n) is 5.80. The van der Waals surface area contributed by atoms with E-state index in [0.29, 0.717) is 17.0 Å². The van der Waals surface area contributed by atoms with Crippen molar-refractivity contribution < 1.29 is 14.6 Å². The molecule has 6 nitrogen and oxygen atoms in total. The summed E-state index contributed by atoms with van der Waals surface area (Å²) in [5.74, 6) is -0.639. The first-order valence-corrected chi connectivity index (χ1v) is 6.18. The number of benzene rings is 1. The molecule has 0 radical (unpaired) electrons. The maximum absolute atomic E-state index is 11.2. The topological polar surface area (TPSA) is 95.2 Å². The number of hydrogen-bond donors (Lipinski definition) is 2. The van der Waals surface area contributed by atoms with Gasteiger partial charge in [-0.1, -0.05) is 11.6 Å². The molecule has 0 saturated heterocycles. The number of nitrogens with one attached hydrogen (secondary N) is 1. The minimum absolute atomic E-state index is 0.0224. The van der Waals surface area contributed by atoms with Gasteiger partial charge in [0.15, 0.2) is 0 Å². The molecular weight excluding hydrogens is 294 g/mol. The van der Waals surface area contributed by atoms with Crippen molar-refractivity contribution in [3.63, 3.8) is 0 Å². The summed E-state index contributed by atoms with van der Waals surface area (Å²) in [5, 5.41) is 21.0. The molecule has 1 aromatic carbocycles. The summed E-state index contributed by atoms with van der Waals surface area (Å²) in [5.41, 5.74) is 0.884. The van der Waals surface area contributed by atoms with Crippen LogP contribution in [0.1, 0.15) is 15.9 Å². The normalized spacial score (nSPS) is 9.76. The van der Waals surface area contributed by atoms with E-state index < -0.39 is 5.97 Å². The molecule has 0 amide bonds. The van der Waals surface area contributed by atoms with Crippen molar-refractivity contribution in [1.82, 2.24) is 4.98 Å². The molecule has 0 bridgehead atoms. The van der Waals surface area contributed by atoms with E-state index in [4.69, 9.17) is 26.7 Å². The second kappa shape index (κ2) is 6.11. The Balaban J connectivity index is 2.45. The summed E-state index contributed by atoms with van der Waals surface area (Å²) in [7, 11) is 1.45. The van der Waals surface area contributed by atoms with Gasteiger partial charge in [0, 0.05) is 6.07 Å². The molecule has 0 aliphatic heterocycles. The molecule has 0 spiro atoms. The quantitative estimate of drug-likeness (QED) is 0.843. The van der Waals surface area contributed by atoms with Crippen LogP contribution in [0.4, 0.5) is 11.5 Å². The molecule has 0 aliphatic carbocycles. The van der Waals surface area contributed by atoms with Crippen molar-refractivity contribution in [1.29, 1.82) is 5.26 Å². The van der Waals surface area contributed by atoms with Gasteiger partial charge < -0.3 is 15.2 Å². The van der Waals surface area contributed by atoms with Crippen molar-refractivity contribution in [2.24, 2.45) is 0 Å². The Morgan fingerprint density at radius 3 is 2.81 bits per heavy atom. The third-order valence-electron chi connectivity index (χ3n) is 2.68. The Bertz CT molecular complexity index is 741. The lowest BCUT2D eigenvalue weighted by atomic mass is 10.2. The SMILES string of the molecule is COc1cc(C#N)ccc1Nc1nc(Cl)ccc1C(=O)O. The molecule has 2 N–H and O–H groups in total. The van der Waals surface area contributed by atoms with Crippen LogP contribution in [0.5, 0.6) is 5.75 Å². The van der Waals surface area contributed by atoms with Crippen LogP contribution in [-0.4, -0.2) is 23.2 Å². The molecule has 2 aromatic rings. The fourth-order valence-corrected chi connectivity index (χ4v) is 1.84. The van der Waals surface area contributed by atoms with E-state index in [-0.39, 0.29) is 16.5 Å². The summed E-state index contributed by atoms with van der Waals surface area (Å²) >= 11 is 5.79. The molecule has 1 heterocycles. The van der Waals surface area contributed by atoms with Gasteiger partial charge in [0.1, 0.15) is 22.3 Å². The molecule has 0 fully saturated rings. The molecule has 21 heavy (non-hydrogen) atoms. The molecule has 0 atom stereocenters. The number of methoxy groups -OCH3 is 1. The fraction of sp³-hybridized carbons (Fsp3) is 0.0714. The number of ether oxygens (including phenoxy) is 1. The first-order chi connectivity index (χ1) is 10.0. The van der Waals surface area contributed by atoms with Crippen LogP contribution in [-0.2, 0) is 0 Å². The Labute approximate surface area is 125 Å². The van der Waals surface area contributed by atoms with E-state index in [2.05, 4.69) is 10.3 Å². The molecule has 0 aliphatic rings. The third-order valence-corrected chi connectivity index (χ3v) is 2.89. The maximum Gasteiger partial charge on any atom is 0.339 e. The zero-order valence-electron chi connectivity index (χ0n) is 10.9. The number of carbonyl (C=O) groups is 1. The smallest absolute Gasteiger partial charge is 0.339 e. The second-order valence-electron chi connectivity index (χ2n) is 3.99. The van der Waals surface area contributed by atoms with Gasteiger partial charge in [-0.15, -0.1) is 0 Å². The summed E-state index contributed by atoms with van der Waals surface area (Å²) in [6.07, 6.45) is 0. The predicted octanol–water partition coefficient (Wildman–Crippen LogP) is 3.06. The molecule has 1 aromatic heterocycles. The fourth-order valence-electron chi connectivity index (χ4n) is 1.69. The lowest BCUT2D eigenvalue weighted by Gasteiger charge is -2.12. The number of rotatable bonds is 4. The standard InChI is InChI=1S/C14H10ClN3O3/c1-21-11-6-8(7-16)2-4-10(11)17-13-9(14(19)20)3-5-12(15)18-13/h2-6H,1H3,(H,17,18)(H,19,20). The number of hydrogen-bond acceptors (Lipinski definition) is 5. The van der Waals surface area contributed by atoms with Crippen molar-refractivity contribution in [3.05, 3.63) is 46.6 Å². The third kappa shape index (κ3) is 3.22. The largest absolute Gasteiger partial charge is 0.495 e. The highest BCUT2D eigenvalue weighted by molar-refractivity contribution is 6.29. The number of halogens is 1. The molecule has 7 heteroatoms. The van der Waals surface area contributed by atoms with E-state index >= 15 is 0 Å². The van der Waals surface area contributed by atoms with Crippen LogP contribution in [0.3, 0.4) is 0 Å². The number of carboxylic acid groups (broad SMARTS) is 1. The Morgan fingerprint density at radius 1 is 1.43 bits per heavy atom. The van der Waals surface area contributed by atoms with Crippen LogP contribution < -0.4 is 10.1 Å². The number of nitrogens with zero attached hydrogens (tertiary/aromatic N) is 2. The van der Waals surface area contributed by atoms with Crippen LogP contribution in [0.2, 0.25) is 5.15 Å². The predicted molar refractivity (Wildman–Crippen MR) is 77.2 cm³/mol. The van der Waals surface area contributed by atoms with E-state index in [1.165, 1.54) is 25.3 Å². The second-order valence-corrected chi connectivity index (χ2v) is 4.37. The van der Waals surface area contributed by atoms with Gasteiger partial charge in [0.2, 0.25) is 0 Å². The Morgan fingerprint density at radius 2 is 2.19 bits per heavy atom. The highest BCUT2D eigenvalue weighted by atomic mass is 35.5. The van der Waals surface area contributed by atoms with E-state index in [1.807, 2.05) is 6.07 Å². The van der Waals surface area contributed by atoms with Gasteiger partial charge in [0.25, 0.3) is 0 Å². The van der Waals surface area contributed by atoms with E-state index in [1.54, 1.807) is 12.1 Å². The minimum Gasteiger partial charge on any atom is -0.495 e. The highest BCUT2D eigenvalue weighted by Crippen LogP contribution is 2.29. The lowest BCUT2D eigenvalue weighted by Crippen LogP contribution is -2.05. The average Bonchev–Trinajstić information content (AvgIpc) is 2.47. The van der Waals surface area contributed by atoms with E-state index in [0.717, 1.165) is 0 Å². The van der Waals surface area contributed by atoms with Gasteiger partial charge in [-0.2, -0.15) is 5.26 Å². The Kier molecular flexibility index (Phi) is 4.26. The summed E-state index contributed by atoms with van der Waals surface area (Å²) in [6.45, 7) is 0. The molecule has 106 valence electrons. The van der Waals surface area contributed by atoms with Crippen molar-refractivity contribution in [2.45, 2.75) is 0 Å². The number of carboxylic acids is 1. The average molecular weight is 304 g/mol. The zero-order valence-corrected chi connectivity index (χ0v) is 11.7. The number of pyridine rings is 1. The lowest BCUT2D eigenvalue weighted by molar-refractivity contribution is 0.0697. The molecular formula is C14H10ClN3O3. The zero-order chi connectivity index (χ0) is 15.4.